The number of nitrogens with zero attached hydrogens (tertiary/aromatic N) is 1. The van der Waals surface area contributed by atoms with Crippen LogP contribution in [0.4, 0.5) is 5.69 Å². The lowest BCUT2D eigenvalue weighted by molar-refractivity contribution is 1.05. The van der Waals surface area contributed by atoms with Gasteiger partial charge >= 0.3 is 0 Å². The summed E-state index contributed by atoms with van der Waals surface area (Å²) in [7, 11) is 0. The van der Waals surface area contributed by atoms with Gasteiger partial charge in [-0.25, -0.2) is 0 Å². The summed E-state index contributed by atoms with van der Waals surface area (Å²) in [5, 5.41) is 8.85. The Morgan fingerprint density at radius 2 is 1.91 bits per heavy atom. The van der Waals surface area contributed by atoms with Crippen LogP contribution in [0.5, 0.6) is 0 Å². The van der Waals surface area contributed by atoms with E-state index in [1.54, 1.807) is 6.21 Å². The second-order valence-corrected chi connectivity index (χ2v) is 5.39. The molecule has 0 aliphatic carbocycles. The molecule has 1 aromatic heterocycles. The summed E-state index contributed by atoms with van der Waals surface area (Å²) in [6.07, 6.45) is 3.67. The Kier molecular flexibility index (Phi) is 4.16. The number of thiocarbonyl (C=S) groups is 1. The van der Waals surface area contributed by atoms with E-state index in [0.29, 0.717) is 5.11 Å². The fraction of sp³-hybridized carbons (Fsp3) is 0.0588. The Morgan fingerprint density at radius 3 is 2.73 bits per heavy atom. The number of aromatic nitrogens is 1. The van der Waals surface area contributed by atoms with Crippen molar-refractivity contribution in [1.29, 1.82) is 0 Å². The zero-order chi connectivity index (χ0) is 15.4. The van der Waals surface area contributed by atoms with Gasteiger partial charge in [0.05, 0.1) is 6.21 Å². The number of hydrazone groups is 1. The second kappa shape index (κ2) is 6.41. The van der Waals surface area contributed by atoms with Crippen molar-refractivity contribution in [3.63, 3.8) is 0 Å². The Morgan fingerprint density at radius 1 is 1.14 bits per heavy atom. The van der Waals surface area contributed by atoms with Crippen molar-refractivity contribution in [2.75, 3.05) is 5.32 Å². The van der Waals surface area contributed by atoms with Gasteiger partial charge in [0.15, 0.2) is 5.11 Å². The van der Waals surface area contributed by atoms with Crippen LogP contribution in [0.1, 0.15) is 11.1 Å². The van der Waals surface area contributed by atoms with Gasteiger partial charge in [-0.3, -0.25) is 5.43 Å². The van der Waals surface area contributed by atoms with Gasteiger partial charge in [0.2, 0.25) is 0 Å². The minimum atomic E-state index is 0.458. The third-order valence-electron chi connectivity index (χ3n) is 3.30. The van der Waals surface area contributed by atoms with Gasteiger partial charge < -0.3 is 10.3 Å². The maximum absolute atomic E-state index is 5.22. The molecule has 5 heteroatoms. The summed E-state index contributed by atoms with van der Waals surface area (Å²) in [6.45, 7) is 2.05. The number of nitrogens with one attached hydrogen (secondary N) is 3. The summed E-state index contributed by atoms with van der Waals surface area (Å²) < 4.78 is 0. The first-order valence-corrected chi connectivity index (χ1v) is 7.36. The lowest BCUT2D eigenvalue weighted by atomic mass is 10.2. The average Bonchev–Trinajstić information content (AvgIpc) is 2.93. The van der Waals surface area contributed by atoms with Crippen molar-refractivity contribution < 1.29 is 0 Å². The molecular weight excluding hydrogens is 292 g/mol. The van der Waals surface area contributed by atoms with Crippen LogP contribution in [0.25, 0.3) is 10.9 Å². The summed E-state index contributed by atoms with van der Waals surface area (Å²) in [4.78, 5) is 3.20. The van der Waals surface area contributed by atoms with Gasteiger partial charge in [0, 0.05) is 28.4 Å². The van der Waals surface area contributed by atoms with Crippen molar-refractivity contribution in [3.05, 3.63) is 65.9 Å². The molecule has 0 amide bonds. The minimum absolute atomic E-state index is 0.458. The van der Waals surface area contributed by atoms with Gasteiger partial charge in [0.1, 0.15) is 0 Å². The zero-order valence-electron chi connectivity index (χ0n) is 12.1. The number of hydrogen-bond donors (Lipinski definition) is 3. The molecule has 0 atom stereocenters. The van der Waals surface area contributed by atoms with Crippen LogP contribution >= 0.6 is 12.2 Å². The van der Waals surface area contributed by atoms with Crippen LogP contribution in [-0.4, -0.2) is 16.3 Å². The summed E-state index contributed by atoms with van der Waals surface area (Å²) in [5.41, 5.74) is 7.07. The molecule has 0 unspecified atom stereocenters. The first kappa shape index (κ1) is 14.3. The summed E-state index contributed by atoms with van der Waals surface area (Å²) in [5.74, 6) is 0. The molecule has 3 aromatic rings. The van der Waals surface area contributed by atoms with Crippen molar-refractivity contribution in [2.45, 2.75) is 6.92 Å². The first-order chi connectivity index (χ1) is 10.7. The van der Waals surface area contributed by atoms with E-state index >= 15 is 0 Å². The number of H-pyrrole nitrogens is 1. The highest BCUT2D eigenvalue weighted by Crippen LogP contribution is 2.15. The third kappa shape index (κ3) is 3.32. The van der Waals surface area contributed by atoms with Gasteiger partial charge in [0.25, 0.3) is 0 Å². The molecule has 0 saturated carbocycles. The Labute approximate surface area is 134 Å². The lowest BCUT2D eigenvalue weighted by Gasteiger charge is -2.06. The number of aromatic amines is 1. The van der Waals surface area contributed by atoms with Crippen molar-refractivity contribution in [1.82, 2.24) is 10.4 Å². The molecule has 1 heterocycles. The highest BCUT2D eigenvalue weighted by molar-refractivity contribution is 7.80. The molecular formula is C17H16N4S. The molecule has 110 valence electrons. The molecule has 22 heavy (non-hydrogen) atoms. The first-order valence-electron chi connectivity index (χ1n) is 6.95. The molecule has 3 N–H and O–H groups in total. The average molecular weight is 308 g/mol. The molecule has 2 aromatic carbocycles. The molecule has 0 spiro atoms. The van der Waals surface area contributed by atoms with E-state index in [0.717, 1.165) is 22.2 Å². The van der Waals surface area contributed by atoms with Crippen LogP contribution < -0.4 is 10.7 Å². The molecule has 0 bridgehead atoms. The number of para-hydroxylation sites is 1. The third-order valence-corrected chi connectivity index (χ3v) is 3.49. The standard InChI is InChI=1S/C17H16N4S/c1-12-6-8-14(9-7-12)20-17(22)21-19-11-13-10-18-16-5-3-2-4-15(13)16/h2-11,18H,1H3,(H2,20,21,22)/b19-11+. The summed E-state index contributed by atoms with van der Waals surface area (Å²) in [6, 6.07) is 16.1. The molecule has 0 aliphatic heterocycles. The fourth-order valence-corrected chi connectivity index (χ4v) is 2.33. The number of aryl methyl sites for hydroxylation is 1. The quantitative estimate of drug-likeness (QED) is 0.392. The van der Waals surface area contributed by atoms with Crippen LogP contribution in [0.2, 0.25) is 0 Å². The minimum Gasteiger partial charge on any atom is -0.361 e. The maximum atomic E-state index is 5.22. The fourth-order valence-electron chi connectivity index (χ4n) is 2.16. The number of fused-ring (bicyclic) bond motifs is 1. The summed E-state index contributed by atoms with van der Waals surface area (Å²) >= 11 is 5.22. The maximum Gasteiger partial charge on any atom is 0.191 e. The van der Waals surface area contributed by atoms with Crippen molar-refractivity contribution in [3.8, 4) is 0 Å². The smallest absolute Gasteiger partial charge is 0.191 e. The van der Waals surface area contributed by atoms with Gasteiger partial charge in [-0.1, -0.05) is 35.9 Å². The van der Waals surface area contributed by atoms with Gasteiger partial charge in [-0.05, 0) is 37.3 Å². The number of rotatable bonds is 3. The van der Waals surface area contributed by atoms with Crippen LogP contribution in [-0.2, 0) is 0 Å². The van der Waals surface area contributed by atoms with Crippen LogP contribution in [0.3, 0.4) is 0 Å². The van der Waals surface area contributed by atoms with E-state index in [9.17, 15) is 0 Å². The van der Waals surface area contributed by atoms with E-state index in [2.05, 4.69) is 26.9 Å². The Balaban J connectivity index is 1.62. The van der Waals surface area contributed by atoms with Gasteiger partial charge in [-0.15, -0.1) is 0 Å². The highest BCUT2D eigenvalue weighted by atomic mass is 32.1. The molecule has 0 saturated heterocycles. The number of anilines is 1. The molecule has 3 rings (SSSR count). The van der Waals surface area contributed by atoms with Crippen molar-refractivity contribution in [2.24, 2.45) is 5.10 Å². The van der Waals surface area contributed by atoms with Crippen LogP contribution in [0, 0.1) is 6.92 Å². The second-order valence-electron chi connectivity index (χ2n) is 4.98. The zero-order valence-corrected chi connectivity index (χ0v) is 12.9. The van der Waals surface area contributed by atoms with E-state index in [-0.39, 0.29) is 0 Å². The lowest BCUT2D eigenvalue weighted by Crippen LogP contribution is -2.23. The van der Waals surface area contributed by atoms with E-state index in [1.165, 1.54) is 5.56 Å². The van der Waals surface area contributed by atoms with E-state index in [4.69, 9.17) is 12.2 Å². The Bertz CT molecular complexity index is 818. The molecule has 0 fully saturated rings. The SMILES string of the molecule is Cc1ccc(NC(=S)N/N=C/c2c[nH]c3ccccc23)cc1. The van der Waals surface area contributed by atoms with Gasteiger partial charge in [-0.2, -0.15) is 5.10 Å². The monoisotopic (exact) mass is 308 g/mol. The number of hydrogen-bond acceptors (Lipinski definition) is 2. The molecule has 4 nitrogen and oxygen atoms in total. The van der Waals surface area contributed by atoms with E-state index < -0.39 is 0 Å². The molecule has 0 aliphatic rings. The normalized spacial score (nSPS) is 11.0. The number of benzene rings is 2. The topological polar surface area (TPSA) is 52.2 Å². The van der Waals surface area contributed by atoms with Crippen LogP contribution in [0.15, 0.2) is 59.8 Å². The van der Waals surface area contributed by atoms with Crippen molar-refractivity contribution >= 4 is 40.1 Å². The Hall–Kier alpha value is -2.66. The largest absolute Gasteiger partial charge is 0.361 e. The predicted octanol–water partition coefficient (Wildman–Crippen LogP) is 3.80. The predicted molar refractivity (Wildman–Crippen MR) is 96.4 cm³/mol. The van der Waals surface area contributed by atoms with E-state index in [1.807, 2.05) is 55.6 Å². The molecule has 0 radical (unpaired) electrons. The highest BCUT2D eigenvalue weighted by Gasteiger charge is 2.00.